The lowest BCUT2D eigenvalue weighted by Gasteiger charge is -2.55. The Morgan fingerprint density at radius 1 is 0.867 bits per heavy atom. The van der Waals surface area contributed by atoms with Crippen molar-refractivity contribution in [3.8, 4) is 17.2 Å². The first kappa shape index (κ1) is 20.8. The van der Waals surface area contributed by atoms with Crippen molar-refractivity contribution < 1.29 is 23.8 Å². The van der Waals surface area contributed by atoms with Gasteiger partial charge in [-0.05, 0) is 68.4 Å². The van der Waals surface area contributed by atoms with Crippen molar-refractivity contribution in [2.24, 2.45) is 23.2 Å². The second-order valence-corrected chi connectivity index (χ2v) is 9.12. The Morgan fingerprint density at radius 3 is 1.83 bits per heavy atom. The molecule has 0 aliphatic heterocycles. The van der Waals surface area contributed by atoms with Crippen LogP contribution in [-0.2, 0) is 4.79 Å². The van der Waals surface area contributed by atoms with Gasteiger partial charge in [-0.1, -0.05) is 0 Å². The van der Waals surface area contributed by atoms with E-state index < -0.39 is 0 Å². The van der Waals surface area contributed by atoms with Gasteiger partial charge in [0.1, 0.15) is 0 Å². The van der Waals surface area contributed by atoms with Gasteiger partial charge in [-0.15, -0.1) is 0 Å². The fraction of sp³-hybridized carbons (Fsp3) is 0.652. The molecule has 7 nitrogen and oxygen atoms in total. The summed E-state index contributed by atoms with van der Waals surface area (Å²) >= 11 is 0. The molecule has 0 unspecified atom stereocenters. The summed E-state index contributed by atoms with van der Waals surface area (Å²) in [5, 5.41) is 5.95. The van der Waals surface area contributed by atoms with Crippen molar-refractivity contribution >= 4 is 11.8 Å². The molecule has 4 aliphatic carbocycles. The normalized spacial score (nSPS) is 28.7. The van der Waals surface area contributed by atoms with Crippen molar-refractivity contribution in [2.75, 3.05) is 34.4 Å². The van der Waals surface area contributed by atoms with Gasteiger partial charge in [-0.3, -0.25) is 9.59 Å². The van der Waals surface area contributed by atoms with E-state index in [2.05, 4.69) is 10.6 Å². The van der Waals surface area contributed by atoms with E-state index in [1.807, 2.05) is 0 Å². The Morgan fingerprint density at radius 2 is 1.37 bits per heavy atom. The molecule has 0 spiro atoms. The summed E-state index contributed by atoms with van der Waals surface area (Å²) < 4.78 is 15.9. The first-order chi connectivity index (χ1) is 14.5. The van der Waals surface area contributed by atoms with Gasteiger partial charge in [0.15, 0.2) is 11.5 Å². The molecule has 1 aromatic rings. The lowest BCUT2D eigenvalue weighted by Crippen LogP contribution is -2.54. The van der Waals surface area contributed by atoms with E-state index in [1.165, 1.54) is 40.6 Å². The number of methoxy groups -OCH3 is 3. The lowest BCUT2D eigenvalue weighted by molar-refractivity contribution is -0.146. The molecule has 5 rings (SSSR count). The number of hydrogen-bond acceptors (Lipinski definition) is 5. The van der Waals surface area contributed by atoms with E-state index in [4.69, 9.17) is 14.2 Å². The molecule has 1 aromatic carbocycles. The van der Waals surface area contributed by atoms with Crippen LogP contribution in [0.1, 0.15) is 48.9 Å². The first-order valence-corrected chi connectivity index (χ1v) is 10.8. The third-order valence-electron chi connectivity index (χ3n) is 7.14. The van der Waals surface area contributed by atoms with Gasteiger partial charge >= 0.3 is 0 Å². The Bertz CT molecular complexity index is 762. The third kappa shape index (κ3) is 3.82. The van der Waals surface area contributed by atoms with Crippen LogP contribution in [0.25, 0.3) is 0 Å². The van der Waals surface area contributed by atoms with E-state index >= 15 is 0 Å². The molecule has 0 atom stereocenters. The van der Waals surface area contributed by atoms with E-state index in [0.29, 0.717) is 35.9 Å². The summed E-state index contributed by atoms with van der Waals surface area (Å²) in [7, 11) is 4.55. The van der Waals surface area contributed by atoms with Crippen LogP contribution in [0.3, 0.4) is 0 Å². The molecule has 2 amide bonds. The molecule has 4 bridgehead atoms. The van der Waals surface area contributed by atoms with Gasteiger partial charge < -0.3 is 24.8 Å². The maximum atomic E-state index is 13.0. The van der Waals surface area contributed by atoms with Crippen LogP contribution in [0.15, 0.2) is 12.1 Å². The third-order valence-corrected chi connectivity index (χ3v) is 7.14. The Labute approximate surface area is 177 Å². The molecule has 164 valence electrons. The number of carbonyl (C=O) groups excluding carboxylic acids is 2. The van der Waals surface area contributed by atoms with Crippen LogP contribution in [-0.4, -0.2) is 46.2 Å². The first-order valence-electron chi connectivity index (χ1n) is 10.8. The summed E-state index contributed by atoms with van der Waals surface area (Å²) in [6.45, 7) is 0.796. The van der Waals surface area contributed by atoms with Gasteiger partial charge in [0, 0.05) is 24.1 Å². The fourth-order valence-electron chi connectivity index (χ4n) is 6.24. The zero-order valence-electron chi connectivity index (χ0n) is 18.1. The summed E-state index contributed by atoms with van der Waals surface area (Å²) in [6.07, 6.45) is 7.08. The van der Waals surface area contributed by atoms with E-state index in [9.17, 15) is 9.59 Å². The minimum Gasteiger partial charge on any atom is -0.493 e. The van der Waals surface area contributed by atoms with Crippen LogP contribution < -0.4 is 24.8 Å². The molecule has 0 saturated heterocycles. The summed E-state index contributed by atoms with van der Waals surface area (Å²) in [5.74, 6) is 3.45. The maximum absolute atomic E-state index is 13.0. The highest BCUT2D eigenvalue weighted by atomic mass is 16.5. The Balaban J connectivity index is 1.31. The van der Waals surface area contributed by atoms with Crippen LogP contribution in [0.5, 0.6) is 17.2 Å². The predicted octanol–water partition coefficient (Wildman–Crippen LogP) is 2.77. The smallest absolute Gasteiger partial charge is 0.251 e. The van der Waals surface area contributed by atoms with Crippen LogP contribution >= 0.6 is 0 Å². The summed E-state index contributed by atoms with van der Waals surface area (Å²) in [4.78, 5) is 25.5. The van der Waals surface area contributed by atoms with Crippen LogP contribution in [0.4, 0.5) is 0 Å². The molecule has 0 aromatic heterocycles. The molecule has 4 saturated carbocycles. The number of nitrogens with one attached hydrogen (secondary N) is 2. The highest BCUT2D eigenvalue weighted by Gasteiger charge is 2.54. The fourth-order valence-corrected chi connectivity index (χ4v) is 6.24. The average Bonchev–Trinajstić information content (AvgIpc) is 2.74. The van der Waals surface area contributed by atoms with E-state index in [-0.39, 0.29) is 17.2 Å². The summed E-state index contributed by atoms with van der Waals surface area (Å²) in [5.41, 5.74) is 0.257. The minimum atomic E-state index is -0.252. The number of hydrogen-bond donors (Lipinski definition) is 2. The zero-order chi connectivity index (χ0) is 21.3. The molecule has 0 heterocycles. The van der Waals surface area contributed by atoms with Crippen molar-refractivity contribution in [1.29, 1.82) is 0 Å². The van der Waals surface area contributed by atoms with Crippen molar-refractivity contribution in [3.05, 3.63) is 17.7 Å². The number of ether oxygens (including phenoxy) is 3. The minimum absolute atomic E-state index is 0.157. The monoisotopic (exact) mass is 416 g/mol. The standard InChI is InChI=1S/C23H32N2O5/c1-28-18-9-17(10-19(29-2)20(18)30-3)21(26)24-4-5-25-22(27)23-11-14-6-15(12-23)8-16(7-14)13-23/h9-10,14-16H,4-8,11-13H2,1-3H3,(H,24,26)(H,25,27). The molecule has 0 radical (unpaired) electrons. The number of carbonyl (C=O) groups is 2. The van der Waals surface area contributed by atoms with Crippen molar-refractivity contribution in [3.63, 3.8) is 0 Å². The second kappa shape index (κ2) is 8.36. The highest BCUT2D eigenvalue weighted by molar-refractivity contribution is 5.95. The van der Waals surface area contributed by atoms with Crippen molar-refractivity contribution in [2.45, 2.75) is 38.5 Å². The number of rotatable bonds is 8. The maximum Gasteiger partial charge on any atom is 0.251 e. The second-order valence-electron chi connectivity index (χ2n) is 9.12. The summed E-state index contributed by atoms with van der Waals surface area (Å²) in [6, 6.07) is 3.23. The molecule has 4 fully saturated rings. The molecular formula is C23H32N2O5. The van der Waals surface area contributed by atoms with Gasteiger partial charge in [0.2, 0.25) is 11.7 Å². The highest BCUT2D eigenvalue weighted by Crippen LogP contribution is 2.60. The number of benzene rings is 1. The van der Waals surface area contributed by atoms with Gasteiger partial charge in [-0.25, -0.2) is 0 Å². The van der Waals surface area contributed by atoms with Crippen molar-refractivity contribution in [1.82, 2.24) is 10.6 Å². The Hall–Kier alpha value is -2.44. The zero-order valence-corrected chi connectivity index (χ0v) is 18.1. The molecule has 2 N–H and O–H groups in total. The largest absolute Gasteiger partial charge is 0.493 e. The topological polar surface area (TPSA) is 85.9 Å². The molecule has 4 aliphatic rings. The lowest BCUT2D eigenvalue weighted by atomic mass is 9.49. The molecule has 7 heteroatoms. The Kier molecular flexibility index (Phi) is 5.80. The predicted molar refractivity (Wildman–Crippen MR) is 112 cm³/mol. The van der Waals surface area contributed by atoms with Gasteiger partial charge in [0.25, 0.3) is 5.91 Å². The average molecular weight is 417 g/mol. The molecule has 30 heavy (non-hydrogen) atoms. The molecular weight excluding hydrogens is 384 g/mol. The number of amides is 2. The quantitative estimate of drug-likeness (QED) is 0.637. The van der Waals surface area contributed by atoms with Gasteiger partial charge in [-0.2, -0.15) is 0 Å². The van der Waals surface area contributed by atoms with Gasteiger partial charge in [0.05, 0.1) is 21.3 Å². The van der Waals surface area contributed by atoms with Crippen LogP contribution in [0, 0.1) is 23.2 Å². The van der Waals surface area contributed by atoms with Crippen LogP contribution in [0.2, 0.25) is 0 Å². The SMILES string of the molecule is COc1cc(C(=O)NCCNC(=O)C23CC4CC(CC(C4)C2)C3)cc(OC)c1OC. The van der Waals surface area contributed by atoms with E-state index in [0.717, 1.165) is 37.0 Å². The van der Waals surface area contributed by atoms with E-state index in [1.54, 1.807) is 12.1 Å².